The maximum absolute atomic E-state index is 3.63. The Morgan fingerprint density at radius 1 is 1.31 bits per heavy atom. The van der Waals surface area contributed by atoms with E-state index in [0.29, 0.717) is 6.04 Å². The first-order valence-electron chi connectivity index (χ1n) is 6.06. The molecule has 88 valence electrons. The van der Waals surface area contributed by atoms with Crippen molar-refractivity contribution in [2.24, 2.45) is 0 Å². The van der Waals surface area contributed by atoms with Crippen LogP contribution in [0.5, 0.6) is 0 Å². The van der Waals surface area contributed by atoms with Crippen LogP contribution in [-0.4, -0.2) is 24.7 Å². The van der Waals surface area contributed by atoms with E-state index in [0.717, 1.165) is 13.1 Å². The summed E-state index contributed by atoms with van der Waals surface area (Å²) in [5.74, 6) is 0. The highest BCUT2D eigenvalue weighted by atomic mass is 15.2. The highest BCUT2D eigenvalue weighted by Gasteiger charge is 2.30. The van der Waals surface area contributed by atoms with Gasteiger partial charge in [0.15, 0.2) is 0 Å². The van der Waals surface area contributed by atoms with Gasteiger partial charge in [0, 0.05) is 30.4 Å². The van der Waals surface area contributed by atoms with Crippen LogP contribution >= 0.6 is 0 Å². The summed E-state index contributed by atoms with van der Waals surface area (Å²) in [7, 11) is 0. The fourth-order valence-corrected chi connectivity index (χ4v) is 2.73. The van der Waals surface area contributed by atoms with E-state index in [-0.39, 0.29) is 5.54 Å². The monoisotopic (exact) mass is 218 g/mol. The Labute approximate surface area is 98.7 Å². The molecule has 0 amide bonds. The van der Waals surface area contributed by atoms with Crippen molar-refractivity contribution in [3.05, 3.63) is 29.8 Å². The molecule has 1 heterocycles. The molecular weight excluding hydrogens is 196 g/mol. The summed E-state index contributed by atoms with van der Waals surface area (Å²) < 4.78 is 0. The van der Waals surface area contributed by atoms with E-state index in [1.807, 2.05) is 0 Å². The number of hydrogen-bond donors (Lipinski definition) is 1. The summed E-state index contributed by atoms with van der Waals surface area (Å²) >= 11 is 0. The van der Waals surface area contributed by atoms with Gasteiger partial charge in [0.2, 0.25) is 0 Å². The van der Waals surface area contributed by atoms with Crippen LogP contribution in [0.25, 0.3) is 0 Å². The van der Waals surface area contributed by atoms with Crippen LogP contribution in [0.2, 0.25) is 0 Å². The summed E-state index contributed by atoms with van der Waals surface area (Å²) in [6.07, 6.45) is 0. The van der Waals surface area contributed by atoms with Crippen LogP contribution < -0.4 is 10.2 Å². The number of benzene rings is 1. The molecule has 1 aliphatic rings. The Bertz CT molecular complexity index is 371. The average molecular weight is 218 g/mol. The first kappa shape index (κ1) is 11.5. The molecule has 1 unspecified atom stereocenters. The third-order valence-corrected chi connectivity index (χ3v) is 3.17. The Kier molecular flexibility index (Phi) is 2.94. The first-order valence-corrected chi connectivity index (χ1v) is 6.06. The van der Waals surface area contributed by atoms with E-state index in [9.17, 15) is 0 Å². The third kappa shape index (κ3) is 2.38. The van der Waals surface area contributed by atoms with Gasteiger partial charge < -0.3 is 10.2 Å². The lowest BCUT2D eigenvalue weighted by atomic mass is 9.98. The second-order valence-corrected chi connectivity index (χ2v) is 5.60. The lowest BCUT2D eigenvalue weighted by molar-refractivity contribution is 0.301. The molecule has 1 aromatic rings. The van der Waals surface area contributed by atoms with Crippen LogP contribution in [0.3, 0.4) is 0 Å². The van der Waals surface area contributed by atoms with Crippen LogP contribution in [0, 0.1) is 6.92 Å². The Balaban J connectivity index is 2.25. The zero-order valence-corrected chi connectivity index (χ0v) is 10.7. The molecule has 1 saturated heterocycles. The van der Waals surface area contributed by atoms with E-state index < -0.39 is 0 Å². The molecule has 0 radical (unpaired) electrons. The van der Waals surface area contributed by atoms with E-state index in [2.05, 4.69) is 62.2 Å². The number of anilines is 1. The highest BCUT2D eigenvalue weighted by Crippen LogP contribution is 2.24. The van der Waals surface area contributed by atoms with Crippen molar-refractivity contribution < 1.29 is 0 Å². The Morgan fingerprint density at radius 2 is 2.00 bits per heavy atom. The van der Waals surface area contributed by atoms with Gasteiger partial charge >= 0.3 is 0 Å². The SMILES string of the molecule is Cc1ccccc1N1CC(C)NC(C)(C)C1. The number of nitrogens with one attached hydrogen (secondary N) is 1. The number of hydrogen-bond acceptors (Lipinski definition) is 2. The fourth-order valence-electron chi connectivity index (χ4n) is 2.73. The van der Waals surface area contributed by atoms with Gasteiger partial charge in [-0.1, -0.05) is 18.2 Å². The van der Waals surface area contributed by atoms with Crippen molar-refractivity contribution >= 4 is 5.69 Å². The van der Waals surface area contributed by atoms with Gasteiger partial charge in [-0.05, 0) is 39.3 Å². The number of para-hydroxylation sites is 1. The molecule has 0 spiro atoms. The van der Waals surface area contributed by atoms with Gasteiger partial charge in [-0.25, -0.2) is 0 Å². The topological polar surface area (TPSA) is 15.3 Å². The van der Waals surface area contributed by atoms with Crippen LogP contribution in [0.4, 0.5) is 5.69 Å². The summed E-state index contributed by atoms with van der Waals surface area (Å²) in [5, 5.41) is 3.63. The van der Waals surface area contributed by atoms with Crippen molar-refractivity contribution in [2.75, 3.05) is 18.0 Å². The lowest BCUT2D eigenvalue weighted by Gasteiger charge is -2.44. The summed E-state index contributed by atoms with van der Waals surface area (Å²) in [4.78, 5) is 2.50. The van der Waals surface area contributed by atoms with E-state index in [1.165, 1.54) is 11.3 Å². The molecule has 1 fully saturated rings. The predicted molar refractivity (Wildman–Crippen MR) is 70.1 cm³/mol. The predicted octanol–water partition coefficient (Wildman–Crippen LogP) is 2.57. The normalized spacial score (nSPS) is 24.5. The van der Waals surface area contributed by atoms with Crippen LogP contribution in [0.15, 0.2) is 24.3 Å². The summed E-state index contributed by atoms with van der Waals surface area (Å²) in [6.45, 7) is 11.2. The van der Waals surface area contributed by atoms with Gasteiger partial charge in [0.1, 0.15) is 0 Å². The van der Waals surface area contributed by atoms with Gasteiger partial charge in [-0.3, -0.25) is 0 Å². The lowest BCUT2D eigenvalue weighted by Crippen LogP contribution is -2.61. The summed E-state index contributed by atoms with van der Waals surface area (Å²) in [5.41, 5.74) is 2.94. The first-order chi connectivity index (χ1) is 7.48. The highest BCUT2D eigenvalue weighted by molar-refractivity contribution is 5.53. The molecule has 2 heteroatoms. The largest absolute Gasteiger partial charge is 0.368 e. The van der Waals surface area contributed by atoms with Crippen molar-refractivity contribution in [1.82, 2.24) is 5.32 Å². The molecule has 0 saturated carbocycles. The third-order valence-electron chi connectivity index (χ3n) is 3.17. The zero-order chi connectivity index (χ0) is 11.8. The molecule has 2 nitrogen and oxygen atoms in total. The number of nitrogens with zero attached hydrogens (tertiary/aromatic N) is 1. The number of piperazine rings is 1. The Hall–Kier alpha value is -1.02. The second-order valence-electron chi connectivity index (χ2n) is 5.60. The molecule has 1 aliphatic heterocycles. The number of aryl methyl sites for hydroxylation is 1. The minimum Gasteiger partial charge on any atom is -0.368 e. The van der Waals surface area contributed by atoms with E-state index >= 15 is 0 Å². The average Bonchev–Trinajstić information content (AvgIpc) is 2.15. The Morgan fingerprint density at radius 3 is 2.62 bits per heavy atom. The maximum Gasteiger partial charge on any atom is 0.0397 e. The smallest absolute Gasteiger partial charge is 0.0397 e. The summed E-state index contributed by atoms with van der Waals surface area (Å²) in [6, 6.07) is 9.19. The molecule has 16 heavy (non-hydrogen) atoms. The molecule has 1 N–H and O–H groups in total. The minimum absolute atomic E-state index is 0.194. The molecule has 0 aromatic heterocycles. The van der Waals surface area contributed by atoms with Crippen molar-refractivity contribution in [3.63, 3.8) is 0 Å². The molecule has 2 rings (SSSR count). The molecule has 1 aromatic carbocycles. The molecule has 0 bridgehead atoms. The second kappa shape index (κ2) is 4.10. The van der Waals surface area contributed by atoms with Crippen LogP contribution in [-0.2, 0) is 0 Å². The van der Waals surface area contributed by atoms with Gasteiger partial charge in [0.05, 0.1) is 0 Å². The van der Waals surface area contributed by atoms with Crippen LogP contribution in [0.1, 0.15) is 26.3 Å². The van der Waals surface area contributed by atoms with Gasteiger partial charge in [-0.2, -0.15) is 0 Å². The van der Waals surface area contributed by atoms with Crippen molar-refractivity contribution in [2.45, 2.75) is 39.3 Å². The quantitative estimate of drug-likeness (QED) is 0.779. The van der Waals surface area contributed by atoms with Gasteiger partial charge in [-0.15, -0.1) is 0 Å². The van der Waals surface area contributed by atoms with E-state index in [4.69, 9.17) is 0 Å². The molecule has 0 aliphatic carbocycles. The standard InChI is InChI=1S/C14H22N2/c1-11-7-5-6-8-13(11)16-9-12(2)15-14(3,4)10-16/h5-8,12,15H,9-10H2,1-4H3. The molecule has 1 atom stereocenters. The van der Waals surface area contributed by atoms with Crippen molar-refractivity contribution in [1.29, 1.82) is 0 Å². The minimum atomic E-state index is 0.194. The molecular formula is C14H22N2. The maximum atomic E-state index is 3.63. The number of rotatable bonds is 1. The van der Waals surface area contributed by atoms with Gasteiger partial charge in [0.25, 0.3) is 0 Å². The van der Waals surface area contributed by atoms with Crippen molar-refractivity contribution in [3.8, 4) is 0 Å². The van der Waals surface area contributed by atoms with E-state index in [1.54, 1.807) is 0 Å². The fraction of sp³-hybridized carbons (Fsp3) is 0.571. The zero-order valence-electron chi connectivity index (χ0n) is 10.7.